The van der Waals surface area contributed by atoms with Gasteiger partial charge in [0.1, 0.15) is 5.82 Å². The zero-order chi connectivity index (χ0) is 21.9. The quantitative estimate of drug-likeness (QED) is 0.667. The minimum atomic E-state index is -4.30. The van der Waals surface area contributed by atoms with Gasteiger partial charge in [0.25, 0.3) is 0 Å². The first kappa shape index (κ1) is 22.2. The third kappa shape index (κ3) is 4.99. The molecule has 2 N–H and O–H groups in total. The number of hydrogen-bond donors (Lipinski definition) is 2. The van der Waals surface area contributed by atoms with Crippen molar-refractivity contribution in [3.05, 3.63) is 59.9 Å². The standard InChI is InChI=1S/C22H24F4N2O2/c1-14(30)27-12-19-21(20(13-29)28(19)11-10-22(24,25)26)16-8-6-15(7-9-16)17-4-2-3-5-18(17)23/h2-9,19-21,29H,10-13H2,1H3,(H,27,30)/t19-,20+,21+/m0/s1. The number of alkyl halides is 3. The lowest BCUT2D eigenvalue weighted by atomic mass is 9.74. The molecule has 1 saturated heterocycles. The number of aliphatic hydroxyl groups is 1. The number of benzene rings is 2. The molecule has 8 heteroatoms. The second-order valence-electron chi connectivity index (χ2n) is 7.48. The summed E-state index contributed by atoms with van der Waals surface area (Å²) in [7, 11) is 0. The first-order chi connectivity index (χ1) is 14.2. The van der Waals surface area contributed by atoms with Crippen LogP contribution in [0.5, 0.6) is 0 Å². The normalized spacial score (nSPS) is 21.9. The number of rotatable bonds is 7. The van der Waals surface area contributed by atoms with Gasteiger partial charge in [-0.2, -0.15) is 13.2 Å². The average molecular weight is 424 g/mol. The van der Waals surface area contributed by atoms with Crippen molar-refractivity contribution in [2.45, 2.75) is 37.5 Å². The molecule has 0 unspecified atom stereocenters. The Labute approximate surface area is 172 Å². The molecule has 1 fully saturated rings. The molecule has 1 amide bonds. The first-order valence-electron chi connectivity index (χ1n) is 9.74. The van der Waals surface area contributed by atoms with Gasteiger partial charge in [-0.3, -0.25) is 9.69 Å². The molecule has 0 aliphatic carbocycles. The van der Waals surface area contributed by atoms with Crippen molar-refractivity contribution in [2.75, 3.05) is 19.7 Å². The van der Waals surface area contributed by atoms with E-state index in [1.807, 2.05) is 0 Å². The van der Waals surface area contributed by atoms with E-state index in [-0.39, 0.29) is 43.4 Å². The Morgan fingerprint density at radius 1 is 1.10 bits per heavy atom. The number of aliphatic hydroxyl groups excluding tert-OH is 1. The van der Waals surface area contributed by atoms with Gasteiger partial charge < -0.3 is 10.4 Å². The first-order valence-corrected chi connectivity index (χ1v) is 9.74. The van der Waals surface area contributed by atoms with Crippen LogP contribution in [-0.2, 0) is 4.79 Å². The number of halogens is 4. The monoisotopic (exact) mass is 424 g/mol. The summed E-state index contributed by atoms with van der Waals surface area (Å²) < 4.78 is 52.2. The lowest BCUT2D eigenvalue weighted by Gasteiger charge is -2.55. The Morgan fingerprint density at radius 2 is 1.77 bits per heavy atom. The summed E-state index contributed by atoms with van der Waals surface area (Å²) in [5.74, 6) is -0.861. The number of amides is 1. The van der Waals surface area contributed by atoms with Crippen LogP contribution in [0.15, 0.2) is 48.5 Å². The fraction of sp³-hybridized carbons (Fsp3) is 0.409. The molecule has 0 saturated carbocycles. The van der Waals surface area contributed by atoms with E-state index in [1.54, 1.807) is 47.4 Å². The van der Waals surface area contributed by atoms with Crippen molar-refractivity contribution in [3.63, 3.8) is 0 Å². The van der Waals surface area contributed by atoms with Gasteiger partial charge in [-0.1, -0.05) is 42.5 Å². The highest BCUT2D eigenvalue weighted by atomic mass is 19.4. The van der Waals surface area contributed by atoms with Crippen molar-refractivity contribution < 1.29 is 27.5 Å². The molecule has 0 aromatic heterocycles. The molecule has 1 heterocycles. The minimum Gasteiger partial charge on any atom is -0.395 e. The summed E-state index contributed by atoms with van der Waals surface area (Å²) in [5, 5.41) is 12.5. The second-order valence-corrected chi connectivity index (χ2v) is 7.48. The van der Waals surface area contributed by atoms with Crippen molar-refractivity contribution in [1.29, 1.82) is 0 Å². The third-order valence-corrected chi connectivity index (χ3v) is 5.56. The highest BCUT2D eigenvalue weighted by Gasteiger charge is 2.49. The maximum absolute atomic E-state index is 14.0. The van der Waals surface area contributed by atoms with E-state index in [9.17, 15) is 27.5 Å². The fourth-order valence-electron chi connectivity index (χ4n) is 4.14. The number of carbonyl (C=O) groups is 1. The maximum Gasteiger partial charge on any atom is 0.390 e. The van der Waals surface area contributed by atoms with Gasteiger partial charge in [-0.05, 0) is 17.2 Å². The molecular weight excluding hydrogens is 400 g/mol. The topological polar surface area (TPSA) is 52.6 Å². The molecule has 162 valence electrons. The Bertz CT molecular complexity index is 870. The molecule has 3 atom stereocenters. The molecule has 30 heavy (non-hydrogen) atoms. The largest absolute Gasteiger partial charge is 0.395 e. The molecular formula is C22H24F4N2O2. The predicted octanol–water partition coefficient (Wildman–Crippen LogP) is 3.71. The van der Waals surface area contributed by atoms with E-state index in [1.165, 1.54) is 13.0 Å². The highest BCUT2D eigenvalue weighted by Crippen LogP contribution is 2.41. The van der Waals surface area contributed by atoms with Crippen LogP contribution in [0.4, 0.5) is 17.6 Å². The predicted molar refractivity (Wildman–Crippen MR) is 105 cm³/mol. The molecule has 0 spiro atoms. The lowest BCUT2D eigenvalue weighted by molar-refractivity contribution is -0.150. The van der Waals surface area contributed by atoms with Crippen LogP contribution in [-0.4, -0.2) is 53.9 Å². The molecule has 0 bridgehead atoms. The average Bonchev–Trinajstić information content (AvgIpc) is 2.67. The SMILES string of the molecule is CC(=O)NC[C@H]1[C@@H](c2ccc(-c3ccccc3F)cc2)[C@@H](CO)N1CCC(F)(F)F. The number of nitrogens with zero attached hydrogens (tertiary/aromatic N) is 1. The van der Waals surface area contributed by atoms with Gasteiger partial charge >= 0.3 is 6.18 Å². The van der Waals surface area contributed by atoms with Gasteiger partial charge in [0.2, 0.25) is 5.91 Å². The van der Waals surface area contributed by atoms with E-state index in [2.05, 4.69) is 5.32 Å². The summed E-state index contributed by atoms with van der Waals surface area (Å²) >= 11 is 0. The van der Waals surface area contributed by atoms with E-state index in [0.29, 0.717) is 11.1 Å². The molecule has 0 radical (unpaired) electrons. The maximum atomic E-state index is 14.0. The second kappa shape index (κ2) is 9.14. The molecule has 4 nitrogen and oxygen atoms in total. The summed E-state index contributed by atoms with van der Waals surface area (Å²) in [4.78, 5) is 12.9. The Balaban J connectivity index is 1.82. The van der Waals surface area contributed by atoms with Crippen molar-refractivity contribution in [3.8, 4) is 11.1 Å². The minimum absolute atomic E-state index is 0.184. The van der Waals surface area contributed by atoms with Crippen LogP contribution in [0, 0.1) is 5.82 Å². The van der Waals surface area contributed by atoms with Gasteiger partial charge in [-0.25, -0.2) is 4.39 Å². The zero-order valence-electron chi connectivity index (χ0n) is 16.5. The van der Waals surface area contributed by atoms with Gasteiger partial charge in [-0.15, -0.1) is 0 Å². The Hall–Kier alpha value is -2.45. The Kier molecular flexibility index (Phi) is 6.77. The zero-order valence-corrected chi connectivity index (χ0v) is 16.5. The van der Waals surface area contributed by atoms with Crippen molar-refractivity contribution >= 4 is 5.91 Å². The smallest absolute Gasteiger partial charge is 0.390 e. The van der Waals surface area contributed by atoms with Gasteiger partial charge in [0.15, 0.2) is 0 Å². The van der Waals surface area contributed by atoms with Crippen LogP contribution in [0.2, 0.25) is 0 Å². The number of nitrogens with one attached hydrogen (secondary N) is 1. The van der Waals surface area contributed by atoms with Crippen LogP contribution >= 0.6 is 0 Å². The van der Waals surface area contributed by atoms with E-state index < -0.39 is 18.6 Å². The van der Waals surface area contributed by atoms with E-state index in [0.717, 1.165) is 5.56 Å². The molecule has 1 aliphatic heterocycles. The fourth-order valence-corrected chi connectivity index (χ4v) is 4.14. The van der Waals surface area contributed by atoms with E-state index >= 15 is 0 Å². The summed E-state index contributed by atoms with van der Waals surface area (Å²) in [6.45, 7) is 0.987. The number of likely N-dealkylation sites (tertiary alicyclic amines) is 1. The van der Waals surface area contributed by atoms with Crippen molar-refractivity contribution in [2.24, 2.45) is 0 Å². The summed E-state index contributed by atoms with van der Waals surface area (Å²) in [6.07, 6.45) is -5.29. The highest BCUT2D eigenvalue weighted by molar-refractivity contribution is 5.72. The number of hydrogen-bond acceptors (Lipinski definition) is 3. The third-order valence-electron chi connectivity index (χ3n) is 5.56. The number of carbonyl (C=O) groups excluding carboxylic acids is 1. The summed E-state index contributed by atoms with van der Waals surface area (Å²) in [6, 6.07) is 12.7. The molecule has 3 rings (SSSR count). The summed E-state index contributed by atoms with van der Waals surface area (Å²) in [5.41, 5.74) is 1.97. The molecule has 2 aromatic rings. The molecule has 2 aromatic carbocycles. The van der Waals surface area contributed by atoms with E-state index in [4.69, 9.17) is 0 Å². The molecule has 1 aliphatic rings. The lowest BCUT2D eigenvalue weighted by Crippen LogP contribution is -2.67. The van der Waals surface area contributed by atoms with Crippen molar-refractivity contribution in [1.82, 2.24) is 10.2 Å². The van der Waals surface area contributed by atoms with Gasteiger partial charge in [0, 0.05) is 43.6 Å². The Morgan fingerprint density at radius 3 is 2.33 bits per heavy atom. The van der Waals surface area contributed by atoms with Crippen LogP contribution < -0.4 is 5.32 Å². The van der Waals surface area contributed by atoms with Crippen LogP contribution in [0.1, 0.15) is 24.8 Å². The van der Waals surface area contributed by atoms with Crippen LogP contribution in [0.25, 0.3) is 11.1 Å². The van der Waals surface area contributed by atoms with Gasteiger partial charge in [0.05, 0.1) is 13.0 Å². The van der Waals surface area contributed by atoms with Crippen LogP contribution in [0.3, 0.4) is 0 Å².